The van der Waals surface area contributed by atoms with E-state index in [0.717, 1.165) is 21.3 Å². The second-order valence-electron chi connectivity index (χ2n) is 2.90. The fraction of sp³-hybridized carbons (Fsp3) is 0.222. The lowest BCUT2D eigenvalue weighted by atomic mass is 10.3. The number of imidazole rings is 1. The van der Waals surface area contributed by atoms with Crippen LogP contribution in [0.15, 0.2) is 22.7 Å². The Bertz CT molecular complexity index is 447. The van der Waals surface area contributed by atoms with Crippen LogP contribution in [0.1, 0.15) is 5.82 Å². The molecule has 1 aromatic carbocycles. The van der Waals surface area contributed by atoms with Gasteiger partial charge < -0.3 is 10.3 Å². The summed E-state index contributed by atoms with van der Waals surface area (Å²) in [5.74, 6) is 0.905. The van der Waals surface area contributed by atoms with Gasteiger partial charge in [-0.25, -0.2) is 4.98 Å². The molecule has 3 nitrogen and oxygen atoms in total. The average Bonchev–Trinajstić information content (AvgIpc) is 2.44. The van der Waals surface area contributed by atoms with Crippen LogP contribution in [0, 0.1) is 0 Å². The van der Waals surface area contributed by atoms with Crippen LogP contribution in [-0.2, 0) is 13.6 Å². The van der Waals surface area contributed by atoms with Crippen molar-refractivity contribution >= 4 is 27.0 Å². The van der Waals surface area contributed by atoms with Gasteiger partial charge in [0.1, 0.15) is 5.82 Å². The van der Waals surface area contributed by atoms with Gasteiger partial charge in [0, 0.05) is 11.5 Å². The second-order valence-corrected chi connectivity index (χ2v) is 3.75. The molecule has 2 rings (SSSR count). The van der Waals surface area contributed by atoms with Gasteiger partial charge in [-0.05, 0) is 28.1 Å². The van der Waals surface area contributed by atoms with Gasteiger partial charge in [-0.2, -0.15) is 0 Å². The number of nitrogens with zero attached hydrogens (tertiary/aromatic N) is 2. The van der Waals surface area contributed by atoms with Gasteiger partial charge in [0.2, 0.25) is 0 Å². The molecule has 4 heteroatoms. The number of fused-ring (bicyclic) bond motifs is 1. The van der Waals surface area contributed by atoms with E-state index in [0.29, 0.717) is 6.54 Å². The van der Waals surface area contributed by atoms with Gasteiger partial charge in [-0.15, -0.1) is 0 Å². The Labute approximate surface area is 84.7 Å². The zero-order chi connectivity index (χ0) is 9.42. The number of hydrogen-bond donors (Lipinski definition) is 1. The Hall–Kier alpha value is -0.870. The second kappa shape index (κ2) is 3.12. The summed E-state index contributed by atoms with van der Waals surface area (Å²) < 4.78 is 3.07. The lowest BCUT2D eigenvalue weighted by molar-refractivity contribution is 0.812. The summed E-state index contributed by atoms with van der Waals surface area (Å²) in [6.07, 6.45) is 0. The summed E-state index contributed by atoms with van der Waals surface area (Å²) in [7, 11) is 1.97. The van der Waals surface area contributed by atoms with E-state index in [1.54, 1.807) is 0 Å². The summed E-state index contributed by atoms with van der Waals surface area (Å²) in [5, 5.41) is 0. The van der Waals surface area contributed by atoms with Crippen LogP contribution in [0.2, 0.25) is 0 Å². The SMILES string of the molecule is Cn1c(CN)nc2cccc(Br)c21. The molecule has 1 aromatic heterocycles. The van der Waals surface area contributed by atoms with E-state index in [9.17, 15) is 0 Å². The van der Waals surface area contributed by atoms with E-state index < -0.39 is 0 Å². The van der Waals surface area contributed by atoms with Crippen LogP contribution in [0.3, 0.4) is 0 Å². The third-order valence-corrected chi connectivity index (χ3v) is 2.76. The van der Waals surface area contributed by atoms with E-state index in [1.165, 1.54) is 0 Å². The molecular weight excluding hydrogens is 230 g/mol. The minimum absolute atomic E-state index is 0.470. The van der Waals surface area contributed by atoms with Gasteiger partial charge in [0.25, 0.3) is 0 Å². The van der Waals surface area contributed by atoms with Crippen molar-refractivity contribution in [3.8, 4) is 0 Å². The van der Waals surface area contributed by atoms with Crippen molar-refractivity contribution < 1.29 is 0 Å². The molecule has 0 atom stereocenters. The molecule has 0 unspecified atom stereocenters. The zero-order valence-corrected chi connectivity index (χ0v) is 8.87. The molecule has 0 aliphatic heterocycles. The standard InChI is InChI=1S/C9H10BrN3/c1-13-8(5-11)12-7-4-2-3-6(10)9(7)13/h2-4H,5,11H2,1H3. The van der Waals surface area contributed by atoms with E-state index in [-0.39, 0.29) is 0 Å². The van der Waals surface area contributed by atoms with Crippen molar-refractivity contribution in [1.29, 1.82) is 0 Å². The van der Waals surface area contributed by atoms with E-state index in [2.05, 4.69) is 20.9 Å². The quantitative estimate of drug-likeness (QED) is 0.825. The first kappa shape index (κ1) is 8.72. The molecule has 13 heavy (non-hydrogen) atoms. The van der Waals surface area contributed by atoms with Crippen molar-refractivity contribution in [2.75, 3.05) is 0 Å². The van der Waals surface area contributed by atoms with Gasteiger partial charge in [0.15, 0.2) is 0 Å². The monoisotopic (exact) mass is 239 g/mol. The molecule has 1 heterocycles. The van der Waals surface area contributed by atoms with Crippen molar-refractivity contribution in [3.63, 3.8) is 0 Å². The third kappa shape index (κ3) is 1.26. The Balaban J connectivity index is 2.85. The zero-order valence-electron chi connectivity index (χ0n) is 7.29. The summed E-state index contributed by atoms with van der Waals surface area (Å²) in [6, 6.07) is 5.96. The third-order valence-electron chi connectivity index (χ3n) is 2.12. The van der Waals surface area contributed by atoms with Crippen molar-refractivity contribution in [2.24, 2.45) is 12.8 Å². The fourth-order valence-electron chi connectivity index (χ4n) is 1.45. The van der Waals surface area contributed by atoms with Crippen LogP contribution in [-0.4, -0.2) is 9.55 Å². The first-order chi connectivity index (χ1) is 6.24. The van der Waals surface area contributed by atoms with Gasteiger partial charge in [0.05, 0.1) is 17.6 Å². The normalized spacial score (nSPS) is 11.0. The molecule has 0 fully saturated rings. The lowest BCUT2D eigenvalue weighted by Crippen LogP contribution is -2.04. The highest BCUT2D eigenvalue weighted by Gasteiger charge is 2.07. The van der Waals surface area contributed by atoms with Crippen molar-refractivity contribution in [2.45, 2.75) is 6.54 Å². The smallest absolute Gasteiger partial charge is 0.123 e. The van der Waals surface area contributed by atoms with Crippen LogP contribution < -0.4 is 5.73 Å². The number of hydrogen-bond acceptors (Lipinski definition) is 2. The largest absolute Gasteiger partial charge is 0.329 e. The first-order valence-corrected chi connectivity index (χ1v) is 4.83. The highest BCUT2D eigenvalue weighted by molar-refractivity contribution is 9.10. The molecule has 0 bridgehead atoms. The van der Waals surface area contributed by atoms with Gasteiger partial charge in [-0.1, -0.05) is 6.07 Å². The molecule has 0 saturated carbocycles. The maximum atomic E-state index is 5.57. The Kier molecular flexibility index (Phi) is 2.09. The lowest BCUT2D eigenvalue weighted by Gasteiger charge is -1.99. The fourth-order valence-corrected chi connectivity index (χ4v) is 2.07. The molecule has 68 valence electrons. The molecule has 0 amide bonds. The Morgan fingerprint density at radius 2 is 2.31 bits per heavy atom. The molecule has 2 N–H and O–H groups in total. The average molecular weight is 240 g/mol. The summed E-state index contributed by atoms with van der Waals surface area (Å²) in [5.41, 5.74) is 7.65. The number of aryl methyl sites for hydroxylation is 1. The minimum Gasteiger partial charge on any atom is -0.329 e. The van der Waals surface area contributed by atoms with Crippen LogP contribution in [0.5, 0.6) is 0 Å². The molecule has 0 aliphatic carbocycles. The van der Waals surface area contributed by atoms with Crippen LogP contribution in [0.4, 0.5) is 0 Å². The maximum absolute atomic E-state index is 5.57. The van der Waals surface area contributed by atoms with Gasteiger partial charge >= 0.3 is 0 Å². The first-order valence-electron chi connectivity index (χ1n) is 4.04. The van der Waals surface area contributed by atoms with Gasteiger partial charge in [-0.3, -0.25) is 0 Å². The predicted molar refractivity (Wildman–Crippen MR) is 56.3 cm³/mol. The Morgan fingerprint density at radius 1 is 1.54 bits per heavy atom. The number of halogens is 1. The molecule has 0 radical (unpaired) electrons. The molecule has 0 aliphatic rings. The molecule has 2 aromatic rings. The minimum atomic E-state index is 0.470. The number of nitrogens with two attached hydrogens (primary N) is 1. The number of rotatable bonds is 1. The van der Waals surface area contributed by atoms with Crippen molar-refractivity contribution in [3.05, 3.63) is 28.5 Å². The van der Waals surface area contributed by atoms with E-state index in [4.69, 9.17) is 5.73 Å². The molecular formula is C9H10BrN3. The maximum Gasteiger partial charge on any atom is 0.123 e. The van der Waals surface area contributed by atoms with E-state index in [1.807, 2.05) is 29.8 Å². The number of para-hydroxylation sites is 1. The number of benzene rings is 1. The van der Waals surface area contributed by atoms with Crippen LogP contribution in [0.25, 0.3) is 11.0 Å². The summed E-state index contributed by atoms with van der Waals surface area (Å²) in [4.78, 5) is 4.40. The number of aromatic nitrogens is 2. The molecule has 0 saturated heterocycles. The highest BCUT2D eigenvalue weighted by atomic mass is 79.9. The topological polar surface area (TPSA) is 43.8 Å². The molecule has 0 spiro atoms. The van der Waals surface area contributed by atoms with Crippen LogP contribution >= 0.6 is 15.9 Å². The Morgan fingerprint density at radius 3 is 2.92 bits per heavy atom. The summed E-state index contributed by atoms with van der Waals surface area (Å²) in [6.45, 7) is 0.470. The summed E-state index contributed by atoms with van der Waals surface area (Å²) >= 11 is 3.49. The highest BCUT2D eigenvalue weighted by Crippen LogP contribution is 2.23. The van der Waals surface area contributed by atoms with E-state index >= 15 is 0 Å². The van der Waals surface area contributed by atoms with Crippen molar-refractivity contribution in [1.82, 2.24) is 9.55 Å². The predicted octanol–water partition coefficient (Wildman–Crippen LogP) is 1.79.